The molecule has 3 rings (SSSR count). The van der Waals surface area contributed by atoms with Gasteiger partial charge in [0.25, 0.3) is 10.0 Å². The first-order valence-electron chi connectivity index (χ1n) is 8.69. The van der Waals surface area contributed by atoms with Gasteiger partial charge in [0, 0.05) is 13.2 Å². The van der Waals surface area contributed by atoms with Crippen LogP contribution in [0.15, 0.2) is 44.3 Å². The van der Waals surface area contributed by atoms with Gasteiger partial charge in [-0.3, -0.25) is 0 Å². The summed E-state index contributed by atoms with van der Waals surface area (Å²) in [5, 5.41) is 1.70. The molecule has 0 bridgehead atoms. The molecular formula is C18H20N2O5S3. The van der Waals surface area contributed by atoms with Crippen LogP contribution in [0.3, 0.4) is 0 Å². The Balaban J connectivity index is 2.12. The van der Waals surface area contributed by atoms with Crippen molar-refractivity contribution in [2.45, 2.75) is 24.6 Å². The molecule has 0 amide bonds. The molecule has 0 aliphatic heterocycles. The zero-order valence-electron chi connectivity index (χ0n) is 15.5. The first-order chi connectivity index (χ1) is 13.5. The Morgan fingerprint density at radius 1 is 1.21 bits per heavy atom. The Morgan fingerprint density at radius 3 is 2.71 bits per heavy atom. The van der Waals surface area contributed by atoms with Crippen molar-refractivity contribution < 1.29 is 22.7 Å². The lowest BCUT2D eigenvalue weighted by Crippen LogP contribution is -2.19. The second kappa shape index (κ2) is 8.99. The highest BCUT2D eigenvalue weighted by Crippen LogP contribution is 2.22. The van der Waals surface area contributed by atoms with E-state index in [-0.39, 0.29) is 10.8 Å². The van der Waals surface area contributed by atoms with Gasteiger partial charge >= 0.3 is 5.97 Å². The van der Waals surface area contributed by atoms with Crippen LogP contribution in [-0.2, 0) is 26.0 Å². The number of rotatable bonds is 8. The summed E-state index contributed by atoms with van der Waals surface area (Å²) in [5.41, 5.74) is 1.21. The molecule has 0 N–H and O–H groups in total. The van der Waals surface area contributed by atoms with Crippen molar-refractivity contribution in [2.24, 2.45) is 4.40 Å². The van der Waals surface area contributed by atoms with Crippen molar-refractivity contribution in [1.29, 1.82) is 0 Å². The maximum Gasteiger partial charge on any atom is 0.338 e. The Kier molecular flexibility index (Phi) is 6.65. The highest BCUT2D eigenvalue weighted by Gasteiger charge is 2.17. The van der Waals surface area contributed by atoms with Crippen molar-refractivity contribution in [1.82, 2.24) is 4.57 Å². The van der Waals surface area contributed by atoms with Gasteiger partial charge in [0.15, 0.2) is 0 Å². The minimum absolute atomic E-state index is 0.188. The molecule has 0 fully saturated rings. The number of carbonyl (C=O) groups is 1. The fourth-order valence-corrected chi connectivity index (χ4v) is 5.83. The lowest BCUT2D eigenvalue weighted by Gasteiger charge is -2.06. The average Bonchev–Trinajstić information content (AvgIpc) is 3.30. The van der Waals surface area contributed by atoms with Gasteiger partial charge in [-0.1, -0.05) is 17.4 Å². The summed E-state index contributed by atoms with van der Waals surface area (Å²) in [4.78, 5) is 12.4. The third-order valence-electron chi connectivity index (χ3n) is 3.80. The van der Waals surface area contributed by atoms with Crippen molar-refractivity contribution >= 4 is 48.9 Å². The molecule has 0 aliphatic rings. The number of aromatic nitrogens is 1. The Bertz CT molecular complexity index is 1130. The van der Waals surface area contributed by atoms with Crippen molar-refractivity contribution in [2.75, 3.05) is 19.8 Å². The second-order valence-electron chi connectivity index (χ2n) is 5.63. The van der Waals surface area contributed by atoms with Crippen LogP contribution in [0.25, 0.3) is 10.2 Å². The summed E-state index contributed by atoms with van der Waals surface area (Å²) >= 11 is 2.34. The van der Waals surface area contributed by atoms with Crippen LogP contribution in [0.2, 0.25) is 0 Å². The van der Waals surface area contributed by atoms with Crippen LogP contribution in [0.4, 0.5) is 0 Å². The number of carbonyl (C=O) groups excluding carboxylic acids is 1. The fraction of sp³-hybridized carbons (Fsp3) is 0.333. The number of nitrogens with zero attached hydrogens (tertiary/aromatic N) is 2. The van der Waals surface area contributed by atoms with E-state index in [1.54, 1.807) is 41.1 Å². The molecule has 2 aromatic heterocycles. The van der Waals surface area contributed by atoms with Crippen molar-refractivity contribution in [3.63, 3.8) is 0 Å². The van der Waals surface area contributed by atoms with E-state index in [2.05, 4.69) is 4.40 Å². The number of sulfonamides is 1. The Labute approximate surface area is 170 Å². The molecule has 3 aromatic rings. The number of fused-ring (bicyclic) bond motifs is 1. The number of hydrogen-bond donors (Lipinski definition) is 0. The topological polar surface area (TPSA) is 87.0 Å². The number of ether oxygens (including phenoxy) is 2. The van der Waals surface area contributed by atoms with Gasteiger partial charge in [0.05, 0.1) is 29.0 Å². The van der Waals surface area contributed by atoms with E-state index in [4.69, 9.17) is 9.47 Å². The number of thiophene rings is 1. The fourth-order valence-electron chi connectivity index (χ4n) is 2.56. The lowest BCUT2D eigenvalue weighted by atomic mass is 10.2. The van der Waals surface area contributed by atoms with Crippen LogP contribution >= 0.6 is 22.7 Å². The summed E-state index contributed by atoms with van der Waals surface area (Å²) < 4.78 is 42.5. The van der Waals surface area contributed by atoms with Gasteiger partial charge < -0.3 is 14.0 Å². The first-order valence-corrected chi connectivity index (χ1v) is 11.8. The molecule has 0 radical (unpaired) electrons. The minimum atomic E-state index is -3.81. The quantitative estimate of drug-likeness (QED) is 0.396. The molecule has 7 nitrogen and oxygen atoms in total. The van der Waals surface area contributed by atoms with Crippen LogP contribution in [0.5, 0.6) is 0 Å². The van der Waals surface area contributed by atoms with Crippen molar-refractivity contribution in [3.8, 4) is 0 Å². The monoisotopic (exact) mass is 440 g/mol. The SMILES string of the molecule is CCOCCn1/c(=N/S(=O)(=O)c2cccs2)sc2cc(C(=O)OCC)ccc21. The standard InChI is InChI=1S/C18H20N2O5S3/c1-3-24-10-9-20-14-8-7-13(17(21)25-4-2)12-15(14)27-18(20)19-28(22,23)16-6-5-11-26-16/h5-8,11-12H,3-4,9-10H2,1-2H3/b19-18-. The summed E-state index contributed by atoms with van der Waals surface area (Å²) in [5.74, 6) is -0.414. The Morgan fingerprint density at radius 2 is 2.04 bits per heavy atom. The highest BCUT2D eigenvalue weighted by molar-refractivity contribution is 7.92. The summed E-state index contributed by atoms with van der Waals surface area (Å²) in [6.07, 6.45) is 0. The van der Waals surface area contributed by atoms with Gasteiger partial charge in [-0.25, -0.2) is 4.79 Å². The molecule has 2 heterocycles. The molecule has 0 saturated carbocycles. The van der Waals surface area contributed by atoms with Crippen LogP contribution in [0, 0.1) is 0 Å². The number of esters is 1. The smallest absolute Gasteiger partial charge is 0.338 e. The van der Waals surface area contributed by atoms with E-state index in [0.29, 0.717) is 30.1 Å². The van der Waals surface area contributed by atoms with E-state index in [0.717, 1.165) is 21.6 Å². The van der Waals surface area contributed by atoms with Gasteiger partial charge in [-0.2, -0.15) is 8.42 Å². The third kappa shape index (κ3) is 4.52. The van der Waals surface area contributed by atoms with E-state index in [9.17, 15) is 13.2 Å². The summed E-state index contributed by atoms with van der Waals surface area (Å²) in [6, 6.07) is 8.35. The van der Waals surface area contributed by atoms with Gasteiger partial charge in [0.1, 0.15) is 4.21 Å². The Hall–Kier alpha value is -2.01. The molecule has 10 heteroatoms. The second-order valence-corrected chi connectivity index (χ2v) is 9.42. The summed E-state index contributed by atoms with van der Waals surface area (Å²) in [6.45, 7) is 5.37. The normalized spacial score (nSPS) is 12.6. The maximum atomic E-state index is 12.6. The molecule has 0 aliphatic carbocycles. The predicted octanol–water partition coefficient (Wildman–Crippen LogP) is 3.27. The molecule has 150 valence electrons. The molecule has 0 saturated heterocycles. The molecule has 0 spiro atoms. The first kappa shape index (κ1) is 20.7. The number of benzene rings is 1. The van der Waals surface area contributed by atoms with Crippen LogP contribution < -0.4 is 4.80 Å². The molecule has 28 heavy (non-hydrogen) atoms. The lowest BCUT2D eigenvalue weighted by molar-refractivity contribution is 0.0526. The van der Waals surface area contributed by atoms with E-state index < -0.39 is 16.0 Å². The van der Waals surface area contributed by atoms with E-state index >= 15 is 0 Å². The van der Waals surface area contributed by atoms with Crippen LogP contribution in [0.1, 0.15) is 24.2 Å². The molecular weight excluding hydrogens is 420 g/mol. The van der Waals surface area contributed by atoms with Gasteiger partial charge in [-0.15, -0.1) is 15.7 Å². The third-order valence-corrected chi connectivity index (χ3v) is 7.60. The average molecular weight is 441 g/mol. The largest absolute Gasteiger partial charge is 0.462 e. The molecule has 0 atom stereocenters. The van der Waals surface area contributed by atoms with Crippen molar-refractivity contribution in [3.05, 3.63) is 46.1 Å². The zero-order chi connectivity index (χ0) is 20.1. The van der Waals surface area contributed by atoms with Crippen LogP contribution in [-0.4, -0.2) is 38.8 Å². The van der Waals surface area contributed by atoms with E-state index in [1.165, 1.54) is 17.4 Å². The van der Waals surface area contributed by atoms with Gasteiger partial charge in [0.2, 0.25) is 4.80 Å². The number of hydrogen-bond acceptors (Lipinski definition) is 7. The number of thiazole rings is 1. The van der Waals surface area contributed by atoms with Gasteiger partial charge in [-0.05, 0) is 43.5 Å². The summed E-state index contributed by atoms with van der Waals surface area (Å²) in [7, 11) is -3.81. The molecule has 0 unspecified atom stereocenters. The zero-order valence-corrected chi connectivity index (χ0v) is 17.9. The maximum absolute atomic E-state index is 12.6. The highest BCUT2D eigenvalue weighted by atomic mass is 32.2. The minimum Gasteiger partial charge on any atom is -0.462 e. The molecule has 1 aromatic carbocycles. The predicted molar refractivity (Wildman–Crippen MR) is 109 cm³/mol. The van der Waals surface area contributed by atoms with E-state index in [1.807, 2.05) is 6.92 Å².